The molecule has 26 heavy (non-hydrogen) atoms. The summed E-state index contributed by atoms with van der Waals surface area (Å²) in [5, 5.41) is 15.3. The fourth-order valence-corrected chi connectivity index (χ4v) is 2.46. The van der Waals surface area contributed by atoms with E-state index in [0.29, 0.717) is 24.0 Å². The molecule has 2 aromatic rings. The average molecular weight is 424 g/mol. The van der Waals surface area contributed by atoms with Crippen LogP contribution in [0.25, 0.3) is 0 Å². The van der Waals surface area contributed by atoms with Gasteiger partial charge < -0.3 is 18.9 Å². The number of ether oxygens (including phenoxy) is 4. The van der Waals surface area contributed by atoms with Crippen molar-refractivity contribution in [3.8, 4) is 17.4 Å². The summed E-state index contributed by atoms with van der Waals surface area (Å²) in [7, 11) is 3.02. The van der Waals surface area contributed by atoms with Crippen molar-refractivity contribution in [3.05, 3.63) is 27.6 Å². The first-order chi connectivity index (χ1) is 12.5. The quantitative estimate of drug-likeness (QED) is 0.738. The second-order valence-corrected chi connectivity index (χ2v) is 6.16. The van der Waals surface area contributed by atoms with Gasteiger partial charge in [-0.15, -0.1) is 20.4 Å². The molecule has 0 aromatic carbocycles. The molecule has 0 saturated carbocycles. The Labute approximate surface area is 165 Å². The third-order valence-corrected chi connectivity index (χ3v) is 3.85. The van der Waals surface area contributed by atoms with E-state index in [0.717, 1.165) is 19.4 Å². The van der Waals surface area contributed by atoms with Crippen molar-refractivity contribution in [1.82, 2.24) is 20.4 Å². The minimum atomic E-state index is 0.0122. The van der Waals surface area contributed by atoms with E-state index in [4.69, 9.17) is 53.8 Å². The van der Waals surface area contributed by atoms with Crippen molar-refractivity contribution < 1.29 is 18.9 Å². The van der Waals surface area contributed by atoms with Gasteiger partial charge in [-0.2, -0.15) is 0 Å². The molecule has 0 radical (unpaired) electrons. The van der Waals surface area contributed by atoms with E-state index in [1.54, 1.807) is 6.07 Å². The molecule has 0 bridgehead atoms. The highest BCUT2D eigenvalue weighted by Crippen LogP contribution is 2.27. The van der Waals surface area contributed by atoms with Crippen LogP contribution in [0.2, 0.25) is 15.5 Å². The second-order valence-electron chi connectivity index (χ2n) is 5.02. The highest BCUT2D eigenvalue weighted by molar-refractivity contribution is 6.32. The highest BCUT2D eigenvalue weighted by Gasteiger charge is 2.18. The molecular weight excluding hydrogens is 407 g/mol. The van der Waals surface area contributed by atoms with Gasteiger partial charge in [-0.05, 0) is 12.8 Å². The molecule has 1 unspecified atom stereocenters. The zero-order valence-corrected chi connectivity index (χ0v) is 16.4. The first kappa shape index (κ1) is 20.7. The minimum absolute atomic E-state index is 0.0122. The molecule has 11 heteroatoms. The van der Waals surface area contributed by atoms with Gasteiger partial charge in [0.2, 0.25) is 0 Å². The summed E-state index contributed by atoms with van der Waals surface area (Å²) >= 11 is 16.7. The van der Waals surface area contributed by atoms with Crippen LogP contribution in [0, 0.1) is 0 Å². The van der Waals surface area contributed by atoms with Crippen LogP contribution in [-0.4, -0.2) is 53.9 Å². The van der Waals surface area contributed by atoms with Crippen molar-refractivity contribution >= 4 is 34.8 Å². The van der Waals surface area contributed by atoms with Crippen molar-refractivity contribution in [2.45, 2.75) is 18.9 Å². The lowest BCUT2D eigenvalue weighted by Gasteiger charge is -2.23. The van der Waals surface area contributed by atoms with E-state index in [-0.39, 0.29) is 21.6 Å². The van der Waals surface area contributed by atoms with Gasteiger partial charge in [0.1, 0.15) is 6.10 Å². The third-order valence-electron chi connectivity index (χ3n) is 3.22. The molecule has 0 amide bonds. The van der Waals surface area contributed by atoms with E-state index < -0.39 is 0 Å². The zero-order chi connectivity index (χ0) is 18.9. The molecule has 0 N–H and O–H groups in total. The smallest absolute Gasteiger partial charge is 0.276 e. The van der Waals surface area contributed by atoms with Crippen LogP contribution >= 0.6 is 34.8 Å². The fraction of sp³-hybridized carbons (Fsp3) is 0.467. The Kier molecular flexibility index (Phi) is 8.37. The Hall–Kier alpha value is -1.61. The number of hydrogen-bond acceptors (Lipinski definition) is 8. The van der Waals surface area contributed by atoms with Crippen LogP contribution in [0.5, 0.6) is 17.4 Å². The van der Waals surface area contributed by atoms with E-state index in [9.17, 15) is 0 Å². The molecule has 1 aliphatic heterocycles. The number of methoxy groups -OCH3 is 2. The normalized spacial score (nSPS) is 16.3. The maximum atomic E-state index is 5.70. The van der Waals surface area contributed by atoms with Crippen molar-refractivity contribution in [2.75, 3.05) is 27.4 Å². The fourth-order valence-electron chi connectivity index (χ4n) is 2.01. The summed E-state index contributed by atoms with van der Waals surface area (Å²) in [6, 6.07) is 3.07. The summed E-state index contributed by atoms with van der Waals surface area (Å²) in [5.41, 5.74) is 0. The summed E-state index contributed by atoms with van der Waals surface area (Å²) < 4.78 is 20.9. The van der Waals surface area contributed by atoms with Gasteiger partial charge in [-0.3, -0.25) is 0 Å². The minimum Gasteiger partial charge on any atom is -0.493 e. The topological polar surface area (TPSA) is 88.5 Å². The van der Waals surface area contributed by atoms with Crippen LogP contribution in [0.15, 0.2) is 12.1 Å². The summed E-state index contributed by atoms with van der Waals surface area (Å²) in [4.78, 5) is 0. The predicted molar refractivity (Wildman–Crippen MR) is 96.7 cm³/mol. The number of nitrogens with zero attached hydrogens (tertiary/aromatic N) is 4. The van der Waals surface area contributed by atoms with Gasteiger partial charge in [-0.25, -0.2) is 0 Å². The van der Waals surface area contributed by atoms with E-state index in [1.165, 1.54) is 20.3 Å². The molecule has 0 aliphatic carbocycles. The summed E-state index contributed by atoms with van der Waals surface area (Å²) in [6.07, 6.45) is 1.96. The summed E-state index contributed by atoms with van der Waals surface area (Å²) in [5.74, 6) is 1.29. The largest absolute Gasteiger partial charge is 0.493 e. The Morgan fingerprint density at radius 2 is 1.62 bits per heavy atom. The molecule has 0 spiro atoms. The van der Waals surface area contributed by atoms with Crippen molar-refractivity contribution in [2.24, 2.45) is 0 Å². The lowest BCUT2D eigenvalue weighted by molar-refractivity contribution is 0.00399. The number of halogens is 3. The van der Waals surface area contributed by atoms with Gasteiger partial charge in [0, 0.05) is 18.7 Å². The van der Waals surface area contributed by atoms with Gasteiger partial charge in [0.15, 0.2) is 27.0 Å². The molecule has 1 saturated heterocycles. The maximum absolute atomic E-state index is 5.70. The molecule has 2 aromatic heterocycles. The van der Waals surface area contributed by atoms with E-state index in [2.05, 4.69) is 20.4 Å². The highest BCUT2D eigenvalue weighted by atomic mass is 35.5. The van der Waals surface area contributed by atoms with Gasteiger partial charge in [-0.1, -0.05) is 34.8 Å². The molecule has 1 aliphatic rings. The molecule has 1 atom stereocenters. The molecule has 142 valence electrons. The molecule has 8 nitrogen and oxygen atoms in total. The molecule has 1 fully saturated rings. The second kappa shape index (κ2) is 10.5. The van der Waals surface area contributed by atoms with Crippen LogP contribution < -0.4 is 14.2 Å². The van der Waals surface area contributed by atoms with Gasteiger partial charge in [0.05, 0.1) is 20.8 Å². The van der Waals surface area contributed by atoms with Gasteiger partial charge in [0.25, 0.3) is 5.88 Å². The summed E-state index contributed by atoms with van der Waals surface area (Å²) in [6.45, 7) is 1.37. The number of hydrogen-bond donors (Lipinski definition) is 0. The first-order valence-corrected chi connectivity index (χ1v) is 8.71. The molecule has 3 heterocycles. The SMILES string of the molecule is COc1cc(Cl)nnc1Cl.COc1cc(Cl)nnc1OC1CCCOC1. The third kappa shape index (κ3) is 6.28. The van der Waals surface area contributed by atoms with Crippen LogP contribution in [0.1, 0.15) is 12.8 Å². The lowest BCUT2D eigenvalue weighted by atomic mass is 10.2. The Morgan fingerprint density at radius 3 is 2.19 bits per heavy atom. The van der Waals surface area contributed by atoms with Crippen molar-refractivity contribution in [3.63, 3.8) is 0 Å². The maximum Gasteiger partial charge on any atom is 0.276 e. The predicted octanol–water partition coefficient (Wildman–Crippen LogP) is 3.49. The lowest BCUT2D eigenvalue weighted by Crippen LogP contribution is -2.28. The Balaban J connectivity index is 0.000000209. The average Bonchev–Trinajstić information content (AvgIpc) is 2.66. The van der Waals surface area contributed by atoms with E-state index in [1.807, 2.05) is 0 Å². The van der Waals surface area contributed by atoms with Gasteiger partial charge >= 0.3 is 0 Å². The van der Waals surface area contributed by atoms with Crippen LogP contribution in [0.3, 0.4) is 0 Å². The zero-order valence-electron chi connectivity index (χ0n) is 14.1. The Bertz CT molecular complexity index is 717. The Morgan fingerprint density at radius 1 is 0.962 bits per heavy atom. The first-order valence-electron chi connectivity index (χ1n) is 7.57. The number of aromatic nitrogens is 4. The number of rotatable bonds is 4. The van der Waals surface area contributed by atoms with Crippen LogP contribution in [-0.2, 0) is 4.74 Å². The molecular formula is C15H17Cl3N4O4. The standard InChI is InChI=1S/C10H13ClN2O3.C5H4Cl2N2O/c1-14-8-5-9(11)12-13-10(8)16-7-3-2-4-15-6-7;1-10-3-2-4(6)8-9-5(3)7/h5,7H,2-4,6H2,1H3;2H,1H3. The van der Waals surface area contributed by atoms with E-state index >= 15 is 0 Å². The van der Waals surface area contributed by atoms with Crippen molar-refractivity contribution in [1.29, 1.82) is 0 Å². The monoisotopic (exact) mass is 422 g/mol. The molecule has 3 rings (SSSR count). The van der Waals surface area contributed by atoms with Crippen LogP contribution in [0.4, 0.5) is 0 Å².